The van der Waals surface area contributed by atoms with Crippen LogP contribution in [0.3, 0.4) is 0 Å². The predicted octanol–water partition coefficient (Wildman–Crippen LogP) is 4.37. The van der Waals surface area contributed by atoms with Crippen molar-refractivity contribution in [2.75, 3.05) is 0 Å². The molecule has 3 nitrogen and oxygen atoms in total. The van der Waals surface area contributed by atoms with Crippen LogP contribution in [0.2, 0.25) is 0 Å². The highest BCUT2D eigenvalue weighted by Gasteiger charge is 2.19. The maximum Gasteiger partial charge on any atom is 0.332 e. The summed E-state index contributed by atoms with van der Waals surface area (Å²) in [5.41, 5.74) is 3.29. The van der Waals surface area contributed by atoms with E-state index in [1.165, 1.54) is 0 Å². The van der Waals surface area contributed by atoms with Crippen molar-refractivity contribution in [3.8, 4) is 11.1 Å². The molecule has 2 aromatic carbocycles. The molecule has 116 valence electrons. The molecule has 0 aliphatic rings. The predicted molar refractivity (Wildman–Crippen MR) is 87.5 cm³/mol. The fourth-order valence-electron chi connectivity index (χ4n) is 2.29. The summed E-state index contributed by atoms with van der Waals surface area (Å²) in [4.78, 5) is 11.2. The van der Waals surface area contributed by atoms with Gasteiger partial charge in [0, 0.05) is 0 Å². The van der Waals surface area contributed by atoms with Gasteiger partial charge in [-0.3, -0.25) is 0 Å². The molecule has 0 radical (unpaired) electrons. The van der Waals surface area contributed by atoms with Crippen LogP contribution in [0.15, 0.2) is 54.6 Å². The molecule has 3 heteroatoms. The third-order valence-electron chi connectivity index (χ3n) is 3.47. The Morgan fingerprint density at radius 1 is 1.00 bits per heavy atom. The van der Waals surface area contributed by atoms with Gasteiger partial charge in [-0.2, -0.15) is 0 Å². The summed E-state index contributed by atoms with van der Waals surface area (Å²) in [7, 11) is 0. The van der Waals surface area contributed by atoms with Gasteiger partial charge < -0.3 is 9.84 Å². The lowest BCUT2D eigenvalue weighted by Gasteiger charge is -2.15. The van der Waals surface area contributed by atoms with Gasteiger partial charge in [-0.25, -0.2) is 4.79 Å². The van der Waals surface area contributed by atoms with E-state index < -0.39 is 12.1 Å². The van der Waals surface area contributed by atoms with E-state index in [1.54, 1.807) is 0 Å². The minimum Gasteiger partial charge on any atom is -0.479 e. The van der Waals surface area contributed by atoms with Crippen LogP contribution in [0.4, 0.5) is 0 Å². The van der Waals surface area contributed by atoms with Gasteiger partial charge in [0.1, 0.15) is 0 Å². The molecule has 0 aromatic heterocycles. The molecule has 1 unspecified atom stereocenters. The molecule has 0 fully saturated rings. The molecular weight excluding hydrogens is 276 g/mol. The zero-order chi connectivity index (χ0) is 15.9. The van der Waals surface area contributed by atoms with Crippen molar-refractivity contribution in [2.45, 2.75) is 33.0 Å². The van der Waals surface area contributed by atoms with Crippen molar-refractivity contribution in [1.29, 1.82) is 0 Å². The van der Waals surface area contributed by atoms with Gasteiger partial charge in [0.05, 0.1) is 6.61 Å². The first-order chi connectivity index (χ1) is 10.6. The van der Waals surface area contributed by atoms with E-state index in [2.05, 4.69) is 12.1 Å². The Kier molecular flexibility index (Phi) is 5.73. The lowest BCUT2D eigenvalue weighted by Crippen LogP contribution is -2.25. The molecule has 0 saturated heterocycles. The molecule has 1 atom stereocenters. The number of hydrogen-bond acceptors (Lipinski definition) is 2. The SMILES string of the molecule is CC(C)CC(OCc1ccc(-c2ccccc2)cc1)C(=O)O. The summed E-state index contributed by atoms with van der Waals surface area (Å²) in [5.74, 6) is -0.601. The van der Waals surface area contributed by atoms with Gasteiger partial charge in [-0.15, -0.1) is 0 Å². The topological polar surface area (TPSA) is 46.5 Å². The number of carboxylic acid groups (broad SMARTS) is 1. The van der Waals surface area contributed by atoms with Crippen molar-refractivity contribution in [3.05, 3.63) is 60.2 Å². The minimum atomic E-state index is -0.894. The fraction of sp³-hybridized carbons (Fsp3) is 0.316. The zero-order valence-corrected chi connectivity index (χ0v) is 13.0. The van der Waals surface area contributed by atoms with Crippen LogP contribution in [0.1, 0.15) is 25.8 Å². The normalized spacial score (nSPS) is 12.3. The minimum absolute atomic E-state index is 0.293. The Hall–Kier alpha value is -2.13. The number of carbonyl (C=O) groups is 1. The Balaban J connectivity index is 1.98. The highest BCUT2D eigenvalue weighted by Crippen LogP contribution is 2.20. The largest absolute Gasteiger partial charge is 0.479 e. The van der Waals surface area contributed by atoms with Crippen molar-refractivity contribution in [3.63, 3.8) is 0 Å². The average Bonchev–Trinajstić information content (AvgIpc) is 2.52. The maximum atomic E-state index is 11.2. The molecule has 0 heterocycles. The lowest BCUT2D eigenvalue weighted by molar-refractivity contribution is -0.152. The average molecular weight is 298 g/mol. The Morgan fingerprint density at radius 2 is 1.59 bits per heavy atom. The Morgan fingerprint density at radius 3 is 2.14 bits per heavy atom. The quantitative estimate of drug-likeness (QED) is 0.825. The number of benzene rings is 2. The molecule has 2 rings (SSSR count). The van der Waals surface area contributed by atoms with E-state index in [0.29, 0.717) is 18.9 Å². The first kappa shape index (κ1) is 16.2. The van der Waals surface area contributed by atoms with Crippen LogP contribution >= 0.6 is 0 Å². The number of rotatable bonds is 7. The number of hydrogen-bond donors (Lipinski definition) is 1. The Labute approximate surface area is 131 Å². The standard InChI is InChI=1S/C19H22O3/c1-14(2)12-18(19(20)21)22-13-15-8-10-17(11-9-15)16-6-4-3-5-7-16/h3-11,14,18H,12-13H2,1-2H3,(H,20,21). The monoisotopic (exact) mass is 298 g/mol. The Bertz CT molecular complexity index is 588. The number of ether oxygens (including phenoxy) is 1. The zero-order valence-electron chi connectivity index (χ0n) is 13.0. The van der Waals surface area contributed by atoms with E-state index in [-0.39, 0.29) is 0 Å². The van der Waals surface area contributed by atoms with E-state index >= 15 is 0 Å². The van der Waals surface area contributed by atoms with Crippen LogP contribution in [0, 0.1) is 5.92 Å². The van der Waals surface area contributed by atoms with Crippen LogP contribution in [0.5, 0.6) is 0 Å². The van der Waals surface area contributed by atoms with Crippen molar-refractivity contribution >= 4 is 5.97 Å². The van der Waals surface area contributed by atoms with Crippen LogP contribution in [-0.2, 0) is 16.1 Å². The van der Waals surface area contributed by atoms with Gasteiger partial charge in [0.25, 0.3) is 0 Å². The molecule has 2 aromatic rings. The number of aliphatic carboxylic acids is 1. The molecular formula is C19H22O3. The highest BCUT2D eigenvalue weighted by molar-refractivity contribution is 5.72. The lowest BCUT2D eigenvalue weighted by atomic mass is 10.0. The van der Waals surface area contributed by atoms with Crippen molar-refractivity contribution < 1.29 is 14.6 Å². The molecule has 0 aliphatic carbocycles. The van der Waals surface area contributed by atoms with Crippen molar-refractivity contribution in [1.82, 2.24) is 0 Å². The first-order valence-corrected chi connectivity index (χ1v) is 7.55. The molecule has 22 heavy (non-hydrogen) atoms. The van der Waals surface area contributed by atoms with E-state index in [4.69, 9.17) is 9.84 Å². The van der Waals surface area contributed by atoms with E-state index in [1.807, 2.05) is 56.3 Å². The summed E-state index contributed by atoms with van der Waals surface area (Å²) in [5, 5.41) is 9.17. The molecule has 0 saturated carbocycles. The van der Waals surface area contributed by atoms with Gasteiger partial charge >= 0.3 is 5.97 Å². The summed E-state index contributed by atoms with van der Waals surface area (Å²) in [6.45, 7) is 4.31. The summed E-state index contributed by atoms with van der Waals surface area (Å²) >= 11 is 0. The number of carboxylic acids is 1. The van der Waals surface area contributed by atoms with Crippen LogP contribution < -0.4 is 0 Å². The van der Waals surface area contributed by atoms with Crippen LogP contribution in [0.25, 0.3) is 11.1 Å². The summed E-state index contributed by atoms with van der Waals surface area (Å²) < 4.78 is 5.55. The van der Waals surface area contributed by atoms with Gasteiger partial charge in [0.2, 0.25) is 0 Å². The molecule has 1 N–H and O–H groups in total. The van der Waals surface area contributed by atoms with Crippen LogP contribution in [-0.4, -0.2) is 17.2 Å². The molecule has 0 amide bonds. The second-order valence-electron chi connectivity index (χ2n) is 5.83. The summed E-state index contributed by atoms with van der Waals surface area (Å²) in [6.07, 6.45) is -0.217. The highest BCUT2D eigenvalue weighted by atomic mass is 16.5. The third-order valence-corrected chi connectivity index (χ3v) is 3.47. The third kappa shape index (κ3) is 4.71. The molecule has 0 bridgehead atoms. The second kappa shape index (κ2) is 7.76. The van der Waals surface area contributed by atoms with Gasteiger partial charge in [-0.1, -0.05) is 68.4 Å². The fourth-order valence-corrected chi connectivity index (χ4v) is 2.29. The van der Waals surface area contributed by atoms with E-state index in [9.17, 15) is 4.79 Å². The summed E-state index contributed by atoms with van der Waals surface area (Å²) in [6, 6.07) is 18.2. The van der Waals surface area contributed by atoms with Gasteiger partial charge in [0.15, 0.2) is 6.10 Å². The van der Waals surface area contributed by atoms with Gasteiger partial charge in [-0.05, 0) is 29.0 Å². The van der Waals surface area contributed by atoms with Crippen molar-refractivity contribution in [2.24, 2.45) is 5.92 Å². The molecule has 0 aliphatic heterocycles. The van der Waals surface area contributed by atoms with E-state index in [0.717, 1.165) is 16.7 Å². The maximum absolute atomic E-state index is 11.2. The second-order valence-corrected chi connectivity index (χ2v) is 5.83. The smallest absolute Gasteiger partial charge is 0.332 e. The first-order valence-electron chi connectivity index (χ1n) is 7.55. The molecule has 0 spiro atoms.